The number of rotatable bonds is 2. The molecule has 0 unspecified atom stereocenters. The molecule has 0 fully saturated rings. The van der Waals surface area contributed by atoms with Gasteiger partial charge in [0.25, 0.3) is 0 Å². The minimum atomic E-state index is -1.86. The fourth-order valence-electron chi connectivity index (χ4n) is 4.23. The lowest BCUT2D eigenvalue weighted by atomic mass is 9.68. The van der Waals surface area contributed by atoms with Crippen molar-refractivity contribution >= 4 is 28.5 Å². The number of para-hydroxylation sites is 2. The van der Waals surface area contributed by atoms with Gasteiger partial charge in [0.15, 0.2) is 5.75 Å². The summed E-state index contributed by atoms with van der Waals surface area (Å²) in [6.07, 6.45) is 0. The van der Waals surface area contributed by atoms with Crippen molar-refractivity contribution < 1.29 is 23.5 Å². The lowest BCUT2D eigenvalue weighted by Crippen LogP contribution is -2.48. The number of esters is 1. The number of carbonyl (C=O) groups is 2. The molecule has 3 heterocycles. The third-order valence-corrected chi connectivity index (χ3v) is 5.37. The van der Waals surface area contributed by atoms with Gasteiger partial charge in [-0.05, 0) is 25.1 Å². The Labute approximate surface area is 169 Å². The molecule has 0 aliphatic carbocycles. The number of carbonyl (C=O) groups excluding carboxylic acids is 2. The molecule has 1 aromatic heterocycles. The molecule has 2 aliphatic rings. The van der Waals surface area contributed by atoms with E-state index < -0.39 is 22.9 Å². The van der Waals surface area contributed by atoms with E-state index in [4.69, 9.17) is 19.6 Å². The molecule has 150 valence electrons. The minimum absolute atomic E-state index is 0.0497. The van der Waals surface area contributed by atoms with E-state index in [1.54, 1.807) is 55.5 Å². The molecule has 2 aromatic carbocycles. The predicted octanol–water partition coefficient (Wildman–Crippen LogP) is 2.16. The van der Waals surface area contributed by atoms with Crippen LogP contribution in [-0.2, 0) is 19.7 Å². The number of nitrogens with two attached hydrogens (primary N) is 1. The maximum atomic E-state index is 13.5. The van der Waals surface area contributed by atoms with Crippen molar-refractivity contribution in [1.82, 2.24) is 0 Å². The van der Waals surface area contributed by atoms with Crippen LogP contribution >= 0.6 is 0 Å². The summed E-state index contributed by atoms with van der Waals surface area (Å²) in [4.78, 5) is 39.6. The van der Waals surface area contributed by atoms with Gasteiger partial charge in [0.1, 0.15) is 22.1 Å². The quantitative estimate of drug-likeness (QED) is 0.496. The molecule has 0 radical (unpaired) electrons. The number of fused-ring (bicyclic) bond motifs is 6. The maximum absolute atomic E-state index is 13.5. The van der Waals surface area contributed by atoms with Gasteiger partial charge in [-0.25, -0.2) is 9.59 Å². The van der Waals surface area contributed by atoms with Crippen LogP contribution in [-0.4, -0.2) is 18.5 Å². The van der Waals surface area contributed by atoms with Crippen LogP contribution in [0.5, 0.6) is 5.75 Å². The minimum Gasteiger partial charge on any atom is -0.462 e. The third kappa shape index (κ3) is 2.13. The molecule has 0 saturated carbocycles. The second-order valence-corrected chi connectivity index (χ2v) is 6.90. The van der Waals surface area contributed by atoms with Crippen molar-refractivity contribution in [2.45, 2.75) is 12.3 Å². The monoisotopic (exact) mass is 404 g/mol. The topological polar surface area (TPSA) is 121 Å². The lowest BCUT2D eigenvalue weighted by molar-refractivity contribution is -0.140. The normalized spacial score (nSPS) is 19.3. The van der Waals surface area contributed by atoms with Gasteiger partial charge < -0.3 is 24.9 Å². The smallest absolute Gasteiger partial charge is 0.345 e. The van der Waals surface area contributed by atoms with Crippen LogP contribution in [0.4, 0.5) is 5.69 Å². The fraction of sp³-hybridized carbons (Fsp3) is 0.136. The largest absolute Gasteiger partial charge is 0.462 e. The molecule has 0 bridgehead atoms. The Kier molecular flexibility index (Phi) is 3.73. The van der Waals surface area contributed by atoms with Gasteiger partial charge in [-0.15, -0.1) is 0 Å². The molecular weight excluding hydrogens is 388 g/mol. The SMILES string of the molecule is CCOC(=O)C1=C(N)Oc2c(c(=O)oc3ccccc23)[C@]12C(=O)Nc1ccccc12. The molecule has 1 spiro atoms. The van der Waals surface area contributed by atoms with Crippen LogP contribution in [0.3, 0.4) is 0 Å². The zero-order chi connectivity index (χ0) is 21.0. The van der Waals surface area contributed by atoms with E-state index in [1.165, 1.54) is 0 Å². The fourth-order valence-corrected chi connectivity index (χ4v) is 4.23. The zero-order valence-electron chi connectivity index (χ0n) is 15.9. The van der Waals surface area contributed by atoms with E-state index in [2.05, 4.69) is 5.32 Å². The summed E-state index contributed by atoms with van der Waals surface area (Å²) in [6.45, 7) is 1.68. The maximum Gasteiger partial charge on any atom is 0.345 e. The summed E-state index contributed by atoms with van der Waals surface area (Å²) >= 11 is 0. The van der Waals surface area contributed by atoms with Crippen LogP contribution in [0.2, 0.25) is 0 Å². The number of hydrogen-bond acceptors (Lipinski definition) is 7. The van der Waals surface area contributed by atoms with Crippen molar-refractivity contribution in [3.8, 4) is 5.75 Å². The van der Waals surface area contributed by atoms with Crippen molar-refractivity contribution in [1.29, 1.82) is 0 Å². The van der Waals surface area contributed by atoms with Crippen LogP contribution in [0.25, 0.3) is 11.0 Å². The Bertz CT molecular complexity index is 1340. The highest BCUT2D eigenvalue weighted by Crippen LogP contribution is 2.53. The summed E-state index contributed by atoms with van der Waals surface area (Å²) in [7, 11) is 0. The molecule has 8 nitrogen and oxygen atoms in total. The van der Waals surface area contributed by atoms with Gasteiger partial charge in [0.05, 0.1) is 12.0 Å². The summed E-state index contributed by atoms with van der Waals surface area (Å²) in [6, 6.07) is 13.5. The number of ether oxygens (including phenoxy) is 2. The second-order valence-electron chi connectivity index (χ2n) is 6.90. The molecule has 5 rings (SSSR count). The first-order valence-corrected chi connectivity index (χ1v) is 9.32. The van der Waals surface area contributed by atoms with E-state index in [1.807, 2.05) is 0 Å². The number of amides is 1. The van der Waals surface area contributed by atoms with E-state index in [9.17, 15) is 14.4 Å². The first-order chi connectivity index (χ1) is 14.5. The van der Waals surface area contributed by atoms with Crippen LogP contribution < -0.4 is 21.4 Å². The van der Waals surface area contributed by atoms with Gasteiger partial charge in [-0.2, -0.15) is 0 Å². The van der Waals surface area contributed by atoms with Crippen molar-refractivity contribution in [2.24, 2.45) is 5.73 Å². The van der Waals surface area contributed by atoms with Crippen molar-refractivity contribution in [3.05, 3.63) is 81.5 Å². The Morgan fingerprint density at radius 1 is 1.13 bits per heavy atom. The van der Waals surface area contributed by atoms with E-state index >= 15 is 0 Å². The number of hydrogen-bond donors (Lipinski definition) is 2. The van der Waals surface area contributed by atoms with Crippen LogP contribution in [0, 0.1) is 0 Å². The van der Waals surface area contributed by atoms with Gasteiger partial charge in [0.2, 0.25) is 11.8 Å². The Hall–Kier alpha value is -4.07. The highest BCUT2D eigenvalue weighted by molar-refractivity contribution is 6.18. The first-order valence-electron chi connectivity index (χ1n) is 9.32. The standard InChI is InChI=1S/C22H16N2O6/c1-2-28-19(25)16-18(23)30-17-11-7-3-6-10-14(11)29-20(26)15(17)22(16)12-8-4-5-9-13(12)24-21(22)27/h3-10H,2,23H2,1H3,(H,24,27)/t22-/m0/s1. The van der Waals surface area contributed by atoms with Crippen LogP contribution in [0.1, 0.15) is 18.1 Å². The number of nitrogens with one attached hydrogen (secondary N) is 1. The summed E-state index contributed by atoms with van der Waals surface area (Å²) < 4.78 is 16.4. The number of benzene rings is 2. The van der Waals surface area contributed by atoms with Gasteiger partial charge in [-0.1, -0.05) is 30.3 Å². The molecule has 2 aliphatic heterocycles. The molecule has 30 heavy (non-hydrogen) atoms. The highest BCUT2D eigenvalue weighted by atomic mass is 16.5. The molecule has 3 aromatic rings. The zero-order valence-corrected chi connectivity index (χ0v) is 15.9. The van der Waals surface area contributed by atoms with Gasteiger partial charge in [0, 0.05) is 11.3 Å². The molecule has 3 N–H and O–H groups in total. The summed E-state index contributed by atoms with van der Waals surface area (Å²) in [5.41, 5.74) is 4.29. The Morgan fingerprint density at radius 3 is 2.67 bits per heavy atom. The van der Waals surface area contributed by atoms with E-state index in [0.717, 1.165) is 0 Å². The molecule has 8 heteroatoms. The molecular formula is C22H16N2O6. The molecule has 0 saturated heterocycles. The predicted molar refractivity (Wildman–Crippen MR) is 107 cm³/mol. The summed E-state index contributed by atoms with van der Waals surface area (Å²) in [5.74, 6) is -1.68. The van der Waals surface area contributed by atoms with Gasteiger partial charge >= 0.3 is 11.6 Å². The van der Waals surface area contributed by atoms with Crippen molar-refractivity contribution in [3.63, 3.8) is 0 Å². The average molecular weight is 404 g/mol. The molecule has 1 amide bonds. The summed E-state index contributed by atoms with van der Waals surface area (Å²) in [5, 5.41) is 3.20. The Morgan fingerprint density at radius 2 is 1.87 bits per heavy atom. The number of anilines is 1. The van der Waals surface area contributed by atoms with Gasteiger partial charge in [-0.3, -0.25) is 4.79 Å². The Balaban J connectivity index is 1.97. The molecule has 1 atom stereocenters. The van der Waals surface area contributed by atoms with E-state index in [0.29, 0.717) is 16.6 Å². The van der Waals surface area contributed by atoms with E-state index in [-0.39, 0.29) is 35.0 Å². The van der Waals surface area contributed by atoms with Crippen LogP contribution in [0.15, 0.2) is 69.2 Å². The van der Waals surface area contributed by atoms with Crippen molar-refractivity contribution in [2.75, 3.05) is 11.9 Å². The third-order valence-electron chi connectivity index (χ3n) is 5.37. The second kappa shape index (κ2) is 6.21. The first kappa shape index (κ1) is 18.0. The lowest BCUT2D eigenvalue weighted by Gasteiger charge is -2.34. The average Bonchev–Trinajstić information content (AvgIpc) is 3.00. The highest BCUT2D eigenvalue weighted by Gasteiger charge is 2.60.